The topological polar surface area (TPSA) is 0 Å². The van der Waals surface area contributed by atoms with Crippen molar-refractivity contribution in [2.45, 2.75) is 73.1 Å². The minimum atomic E-state index is 0.535. The lowest BCUT2D eigenvalue weighted by Gasteiger charge is -2.31. The van der Waals surface area contributed by atoms with Crippen molar-refractivity contribution in [2.24, 2.45) is 23.2 Å². The Labute approximate surface area is 96.8 Å². The molecule has 0 aromatic rings. The highest BCUT2D eigenvalue weighted by Crippen LogP contribution is 2.38. The summed E-state index contributed by atoms with van der Waals surface area (Å²) in [6.07, 6.45) is 8.83. The molecule has 0 nitrogen and oxygen atoms in total. The van der Waals surface area contributed by atoms with E-state index in [1.165, 1.54) is 38.5 Å². The number of rotatable bonds is 5. The van der Waals surface area contributed by atoms with Gasteiger partial charge in [-0.25, -0.2) is 0 Å². The van der Waals surface area contributed by atoms with E-state index < -0.39 is 0 Å². The third-order valence-corrected chi connectivity index (χ3v) is 5.01. The van der Waals surface area contributed by atoms with Crippen LogP contribution < -0.4 is 0 Å². The van der Waals surface area contributed by atoms with Crippen molar-refractivity contribution < 1.29 is 0 Å². The summed E-state index contributed by atoms with van der Waals surface area (Å²) in [5.41, 5.74) is 0.535. The summed E-state index contributed by atoms with van der Waals surface area (Å²) in [4.78, 5) is 0. The SMILES string of the molecule is CC(CCC(C)(C)C(C)C)C1CCCC1. The van der Waals surface area contributed by atoms with Crippen molar-refractivity contribution in [2.75, 3.05) is 0 Å². The maximum atomic E-state index is 2.48. The summed E-state index contributed by atoms with van der Waals surface area (Å²) in [5, 5.41) is 0. The highest BCUT2D eigenvalue weighted by Gasteiger charge is 2.26. The molecule has 0 radical (unpaired) electrons. The van der Waals surface area contributed by atoms with Crippen molar-refractivity contribution in [3.05, 3.63) is 0 Å². The van der Waals surface area contributed by atoms with Gasteiger partial charge in [-0.05, 0) is 36.0 Å². The maximum Gasteiger partial charge on any atom is -0.0331 e. The Bertz CT molecular complexity index is 172. The largest absolute Gasteiger partial charge is 0.0623 e. The normalized spacial score (nSPS) is 21.2. The fraction of sp³-hybridized carbons (Fsp3) is 1.00. The lowest BCUT2D eigenvalue weighted by Crippen LogP contribution is -2.21. The summed E-state index contributed by atoms with van der Waals surface area (Å²) < 4.78 is 0. The average molecular weight is 210 g/mol. The van der Waals surface area contributed by atoms with Crippen LogP contribution in [0.3, 0.4) is 0 Å². The highest BCUT2D eigenvalue weighted by molar-refractivity contribution is 4.77. The molecule has 0 amide bonds. The summed E-state index contributed by atoms with van der Waals surface area (Å²) >= 11 is 0. The van der Waals surface area contributed by atoms with Crippen LogP contribution in [0.2, 0.25) is 0 Å². The van der Waals surface area contributed by atoms with E-state index in [-0.39, 0.29) is 0 Å². The molecule has 0 aliphatic heterocycles. The van der Waals surface area contributed by atoms with Gasteiger partial charge in [0.15, 0.2) is 0 Å². The van der Waals surface area contributed by atoms with Crippen molar-refractivity contribution in [1.29, 1.82) is 0 Å². The second kappa shape index (κ2) is 5.37. The third kappa shape index (κ3) is 3.81. The van der Waals surface area contributed by atoms with E-state index in [0.29, 0.717) is 5.41 Å². The van der Waals surface area contributed by atoms with Crippen molar-refractivity contribution in [3.63, 3.8) is 0 Å². The van der Waals surface area contributed by atoms with Crippen molar-refractivity contribution >= 4 is 0 Å². The Morgan fingerprint density at radius 2 is 1.60 bits per heavy atom. The van der Waals surface area contributed by atoms with Gasteiger partial charge in [0.1, 0.15) is 0 Å². The molecule has 0 heteroatoms. The van der Waals surface area contributed by atoms with Crippen LogP contribution in [0.5, 0.6) is 0 Å². The quantitative estimate of drug-likeness (QED) is 0.579. The van der Waals surface area contributed by atoms with Crippen LogP contribution in [0, 0.1) is 23.2 Å². The highest BCUT2D eigenvalue weighted by atomic mass is 14.3. The Morgan fingerprint density at radius 1 is 1.07 bits per heavy atom. The molecular weight excluding hydrogens is 180 g/mol. The fourth-order valence-corrected chi connectivity index (χ4v) is 2.65. The van der Waals surface area contributed by atoms with E-state index in [2.05, 4.69) is 34.6 Å². The van der Waals surface area contributed by atoms with E-state index in [0.717, 1.165) is 17.8 Å². The van der Waals surface area contributed by atoms with Crippen LogP contribution in [-0.4, -0.2) is 0 Å². The summed E-state index contributed by atoms with van der Waals surface area (Å²) in [7, 11) is 0. The summed E-state index contributed by atoms with van der Waals surface area (Å²) in [5.74, 6) is 2.83. The molecule has 0 saturated heterocycles. The van der Waals surface area contributed by atoms with Crippen LogP contribution in [0.4, 0.5) is 0 Å². The fourth-order valence-electron chi connectivity index (χ4n) is 2.65. The first-order valence-corrected chi connectivity index (χ1v) is 6.93. The third-order valence-electron chi connectivity index (χ3n) is 5.01. The van der Waals surface area contributed by atoms with E-state index in [1.54, 1.807) is 0 Å². The van der Waals surface area contributed by atoms with Gasteiger partial charge in [0, 0.05) is 0 Å². The number of hydrogen-bond donors (Lipinski definition) is 0. The predicted octanol–water partition coefficient (Wildman–Crippen LogP) is 5.28. The standard InChI is InChI=1S/C15H30/c1-12(2)15(4,5)11-10-13(3)14-8-6-7-9-14/h12-14H,6-11H2,1-5H3. The van der Waals surface area contributed by atoms with Crippen LogP contribution in [0.15, 0.2) is 0 Å². The van der Waals surface area contributed by atoms with Gasteiger partial charge in [-0.3, -0.25) is 0 Å². The maximum absolute atomic E-state index is 2.48. The molecule has 1 atom stereocenters. The van der Waals surface area contributed by atoms with E-state index in [4.69, 9.17) is 0 Å². The molecule has 0 aromatic carbocycles. The number of hydrogen-bond acceptors (Lipinski definition) is 0. The Morgan fingerprint density at radius 3 is 2.07 bits per heavy atom. The molecule has 0 bridgehead atoms. The van der Waals surface area contributed by atoms with Crippen molar-refractivity contribution in [3.8, 4) is 0 Å². The molecule has 1 fully saturated rings. The lowest BCUT2D eigenvalue weighted by molar-refractivity contribution is 0.195. The molecule has 15 heavy (non-hydrogen) atoms. The predicted molar refractivity (Wildman–Crippen MR) is 69.0 cm³/mol. The molecular formula is C15H30. The zero-order chi connectivity index (χ0) is 11.5. The van der Waals surface area contributed by atoms with E-state index >= 15 is 0 Å². The van der Waals surface area contributed by atoms with Gasteiger partial charge in [-0.15, -0.1) is 0 Å². The van der Waals surface area contributed by atoms with E-state index in [9.17, 15) is 0 Å². The van der Waals surface area contributed by atoms with Crippen LogP contribution in [-0.2, 0) is 0 Å². The summed E-state index contributed by atoms with van der Waals surface area (Å²) in [6.45, 7) is 12.1. The van der Waals surface area contributed by atoms with Gasteiger partial charge >= 0.3 is 0 Å². The summed E-state index contributed by atoms with van der Waals surface area (Å²) in [6, 6.07) is 0. The van der Waals surface area contributed by atoms with E-state index in [1.807, 2.05) is 0 Å². The monoisotopic (exact) mass is 210 g/mol. The molecule has 0 N–H and O–H groups in total. The molecule has 90 valence electrons. The van der Waals surface area contributed by atoms with Gasteiger partial charge in [0.25, 0.3) is 0 Å². The van der Waals surface area contributed by atoms with Crippen LogP contribution in [0.25, 0.3) is 0 Å². The van der Waals surface area contributed by atoms with Crippen LogP contribution >= 0.6 is 0 Å². The van der Waals surface area contributed by atoms with Crippen LogP contribution in [0.1, 0.15) is 73.1 Å². The van der Waals surface area contributed by atoms with Crippen molar-refractivity contribution in [1.82, 2.24) is 0 Å². The minimum absolute atomic E-state index is 0.535. The minimum Gasteiger partial charge on any atom is -0.0623 e. The second-order valence-electron chi connectivity index (χ2n) is 6.70. The Balaban J connectivity index is 2.29. The molecule has 1 saturated carbocycles. The van der Waals surface area contributed by atoms with Gasteiger partial charge in [-0.2, -0.15) is 0 Å². The zero-order valence-corrected chi connectivity index (χ0v) is 11.5. The molecule has 1 aliphatic carbocycles. The molecule has 1 aliphatic rings. The van der Waals surface area contributed by atoms with Gasteiger partial charge in [0.2, 0.25) is 0 Å². The average Bonchev–Trinajstić information content (AvgIpc) is 2.66. The molecule has 1 unspecified atom stereocenters. The Kier molecular flexibility index (Phi) is 4.67. The smallest absolute Gasteiger partial charge is 0.0331 e. The van der Waals surface area contributed by atoms with Gasteiger partial charge < -0.3 is 0 Å². The first-order valence-electron chi connectivity index (χ1n) is 6.93. The second-order valence-corrected chi connectivity index (χ2v) is 6.70. The van der Waals surface area contributed by atoms with Gasteiger partial charge in [-0.1, -0.05) is 60.3 Å². The molecule has 0 spiro atoms. The Hall–Kier alpha value is 0. The zero-order valence-electron chi connectivity index (χ0n) is 11.5. The molecule has 0 heterocycles. The van der Waals surface area contributed by atoms with Gasteiger partial charge in [0.05, 0.1) is 0 Å². The molecule has 1 rings (SSSR count). The molecule has 0 aromatic heterocycles. The first-order chi connectivity index (χ1) is 6.93. The lowest BCUT2D eigenvalue weighted by atomic mass is 9.74. The first kappa shape index (κ1) is 13.1.